The highest BCUT2D eigenvalue weighted by molar-refractivity contribution is 5.66. The minimum absolute atomic E-state index is 0.584. The second-order valence-corrected chi connectivity index (χ2v) is 4.74. The minimum Gasteiger partial charge on any atom is -0.494 e. The van der Waals surface area contributed by atoms with Crippen LogP contribution in [-0.4, -0.2) is 26.8 Å². The average Bonchev–Trinajstić information content (AvgIpc) is 2.48. The van der Waals surface area contributed by atoms with Crippen LogP contribution in [0.1, 0.15) is 6.92 Å². The fourth-order valence-electron chi connectivity index (χ4n) is 2.08. The fourth-order valence-corrected chi connectivity index (χ4v) is 2.08. The van der Waals surface area contributed by atoms with Crippen LogP contribution in [0.5, 0.6) is 11.5 Å². The molecule has 0 heterocycles. The molecule has 2 aromatic carbocycles. The zero-order valence-corrected chi connectivity index (χ0v) is 12.6. The third-order valence-electron chi connectivity index (χ3n) is 3.16. The van der Waals surface area contributed by atoms with Crippen molar-refractivity contribution in [3.05, 3.63) is 48.5 Å². The smallest absolute Gasteiger partial charge is 0.123 e. The number of para-hydroxylation sites is 2. The van der Waals surface area contributed by atoms with Gasteiger partial charge in [-0.05, 0) is 31.2 Å². The van der Waals surface area contributed by atoms with Crippen molar-refractivity contribution in [1.82, 2.24) is 0 Å². The molecule has 0 atom stereocenters. The van der Waals surface area contributed by atoms with E-state index in [4.69, 9.17) is 15.2 Å². The maximum Gasteiger partial charge on any atom is 0.123 e. The van der Waals surface area contributed by atoms with Gasteiger partial charge in [0.1, 0.15) is 18.1 Å². The Labute approximate surface area is 126 Å². The summed E-state index contributed by atoms with van der Waals surface area (Å²) in [5.41, 5.74) is 7.75. The van der Waals surface area contributed by atoms with Gasteiger partial charge < -0.3 is 20.1 Å². The van der Waals surface area contributed by atoms with Crippen LogP contribution in [-0.2, 0) is 0 Å². The Kier molecular flexibility index (Phi) is 5.32. The van der Waals surface area contributed by atoms with E-state index >= 15 is 0 Å². The molecular weight excluding hydrogens is 264 g/mol. The Bertz CT molecular complexity index is 572. The van der Waals surface area contributed by atoms with Crippen molar-refractivity contribution in [1.29, 1.82) is 0 Å². The van der Waals surface area contributed by atoms with E-state index in [9.17, 15) is 0 Å². The van der Waals surface area contributed by atoms with E-state index in [1.54, 1.807) is 0 Å². The van der Waals surface area contributed by atoms with Crippen LogP contribution in [0.15, 0.2) is 48.5 Å². The summed E-state index contributed by atoms with van der Waals surface area (Å²) in [4.78, 5) is 2.09. The lowest BCUT2D eigenvalue weighted by Gasteiger charge is -2.21. The van der Waals surface area contributed by atoms with Crippen LogP contribution in [0.2, 0.25) is 0 Å². The Morgan fingerprint density at radius 1 is 1.00 bits per heavy atom. The van der Waals surface area contributed by atoms with E-state index in [1.807, 2.05) is 62.5 Å². The van der Waals surface area contributed by atoms with E-state index in [-0.39, 0.29) is 0 Å². The monoisotopic (exact) mass is 286 g/mol. The molecule has 4 heteroatoms. The van der Waals surface area contributed by atoms with Crippen LogP contribution in [0.3, 0.4) is 0 Å². The number of nitrogens with zero attached hydrogens (tertiary/aromatic N) is 1. The van der Waals surface area contributed by atoms with Gasteiger partial charge in [-0.3, -0.25) is 0 Å². The summed E-state index contributed by atoms with van der Waals surface area (Å²) in [6.45, 7) is 3.96. The molecule has 0 aliphatic heterocycles. The quantitative estimate of drug-likeness (QED) is 0.794. The highest BCUT2D eigenvalue weighted by atomic mass is 16.5. The second kappa shape index (κ2) is 7.43. The third kappa shape index (κ3) is 4.31. The van der Waals surface area contributed by atoms with Crippen molar-refractivity contribution >= 4 is 11.4 Å². The van der Waals surface area contributed by atoms with Gasteiger partial charge in [0.25, 0.3) is 0 Å². The Hall–Kier alpha value is -2.36. The Morgan fingerprint density at radius 2 is 1.71 bits per heavy atom. The first-order valence-electron chi connectivity index (χ1n) is 7.12. The molecule has 4 nitrogen and oxygen atoms in total. The van der Waals surface area contributed by atoms with Gasteiger partial charge in [0.2, 0.25) is 0 Å². The summed E-state index contributed by atoms with van der Waals surface area (Å²) in [5, 5.41) is 0. The van der Waals surface area contributed by atoms with E-state index in [0.29, 0.717) is 13.2 Å². The molecule has 2 rings (SSSR count). The number of anilines is 2. The largest absolute Gasteiger partial charge is 0.494 e. The summed E-state index contributed by atoms with van der Waals surface area (Å²) in [5.74, 6) is 1.64. The Morgan fingerprint density at radius 3 is 2.43 bits per heavy atom. The van der Waals surface area contributed by atoms with Gasteiger partial charge in [0.15, 0.2) is 0 Å². The lowest BCUT2D eigenvalue weighted by atomic mass is 10.2. The van der Waals surface area contributed by atoms with Gasteiger partial charge in [-0.15, -0.1) is 0 Å². The highest BCUT2D eigenvalue weighted by Crippen LogP contribution is 2.22. The van der Waals surface area contributed by atoms with Gasteiger partial charge in [-0.1, -0.05) is 18.2 Å². The molecule has 0 aliphatic rings. The van der Waals surface area contributed by atoms with Crippen molar-refractivity contribution in [2.45, 2.75) is 6.92 Å². The summed E-state index contributed by atoms with van der Waals surface area (Å²) in [6.07, 6.45) is 0. The maximum absolute atomic E-state index is 5.96. The van der Waals surface area contributed by atoms with Crippen LogP contribution in [0, 0.1) is 0 Å². The molecule has 2 N–H and O–H groups in total. The SMILES string of the molecule is CCOc1cccc(OCCN(C)c2ccccc2N)c1. The summed E-state index contributed by atoms with van der Waals surface area (Å²) in [6, 6.07) is 15.5. The van der Waals surface area contributed by atoms with Gasteiger partial charge in [0.05, 0.1) is 24.5 Å². The predicted octanol–water partition coefficient (Wildman–Crippen LogP) is 3.18. The van der Waals surface area contributed by atoms with Crippen molar-refractivity contribution in [3.8, 4) is 11.5 Å². The fraction of sp³-hybridized carbons (Fsp3) is 0.294. The van der Waals surface area contributed by atoms with E-state index in [0.717, 1.165) is 29.4 Å². The lowest BCUT2D eigenvalue weighted by Crippen LogP contribution is -2.24. The van der Waals surface area contributed by atoms with Crippen LogP contribution in [0.25, 0.3) is 0 Å². The first kappa shape index (κ1) is 15.0. The van der Waals surface area contributed by atoms with Crippen molar-refractivity contribution in [2.24, 2.45) is 0 Å². The zero-order valence-electron chi connectivity index (χ0n) is 12.6. The molecule has 0 aromatic heterocycles. The summed E-state index contributed by atoms with van der Waals surface area (Å²) >= 11 is 0. The molecule has 21 heavy (non-hydrogen) atoms. The molecule has 0 saturated heterocycles. The zero-order chi connectivity index (χ0) is 15.1. The summed E-state index contributed by atoms with van der Waals surface area (Å²) in [7, 11) is 2.01. The molecule has 0 amide bonds. The minimum atomic E-state index is 0.584. The molecular formula is C17H22N2O2. The number of hydrogen-bond acceptors (Lipinski definition) is 4. The molecule has 0 aliphatic carbocycles. The predicted molar refractivity (Wildman–Crippen MR) is 87.2 cm³/mol. The normalized spacial score (nSPS) is 10.2. The van der Waals surface area contributed by atoms with Gasteiger partial charge in [0, 0.05) is 13.1 Å². The first-order chi connectivity index (χ1) is 10.2. The second-order valence-electron chi connectivity index (χ2n) is 4.74. The lowest BCUT2D eigenvalue weighted by molar-refractivity contribution is 0.315. The van der Waals surface area contributed by atoms with Gasteiger partial charge in [-0.25, -0.2) is 0 Å². The molecule has 0 radical (unpaired) electrons. The van der Waals surface area contributed by atoms with Crippen molar-refractivity contribution < 1.29 is 9.47 Å². The number of nitrogen functional groups attached to an aromatic ring is 1. The van der Waals surface area contributed by atoms with E-state index in [1.165, 1.54) is 0 Å². The van der Waals surface area contributed by atoms with E-state index in [2.05, 4.69) is 4.90 Å². The topological polar surface area (TPSA) is 47.7 Å². The Balaban J connectivity index is 1.86. The van der Waals surface area contributed by atoms with Crippen LogP contribution >= 0.6 is 0 Å². The number of rotatable bonds is 7. The number of benzene rings is 2. The molecule has 0 unspecified atom stereocenters. The third-order valence-corrected chi connectivity index (χ3v) is 3.16. The maximum atomic E-state index is 5.96. The van der Waals surface area contributed by atoms with Gasteiger partial charge in [-0.2, -0.15) is 0 Å². The summed E-state index contributed by atoms with van der Waals surface area (Å²) < 4.78 is 11.2. The molecule has 0 fully saturated rings. The molecule has 112 valence electrons. The number of nitrogens with two attached hydrogens (primary N) is 1. The number of likely N-dealkylation sites (N-methyl/N-ethyl adjacent to an activating group) is 1. The first-order valence-corrected chi connectivity index (χ1v) is 7.12. The molecule has 2 aromatic rings. The van der Waals surface area contributed by atoms with Gasteiger partial charge >= 0.3 is 0 Å². The van der Waals surface area contributed by atoms with Crippen molar-refractivity contribution in [2.75, 3.05) is 37.4 Å². The molecule has 0 bridgehead atoms. The van der Waals surface area contributed by atoms with Crippen LogP contribution in [0.4, 0.5) is 11.4 Å². The highest BCUT2D eigenvalue weighted by Gasteiger charge is 2.04. The average molecular weight is 286 g/mol. The van der Waals surface area contributed by atoms with E-state index < -0.39 is 0 Å². The number of ether oxygens (including phenoxy) is 2. The molecule has 0 spiro atoms. The number of hydrogen-bond donors (Lipinski definition) is 1. The van der Waals surface area contributed by atoms with Crippen LogP contribution < -0.4 is 20.1 Å². The van der Waals surface area contributed by atoms with Crippen molar-refractivity contribution in [3.63, 3.8) is 0 Å². The standard InChI is InChI=1S/C17H22N2O2/c1-3-20-14-7-6-8-15(13-14)21-12-11-19(2)17-10-5-4-9-16(17)18/h4-10,13H,3,11-12,18H2,1-2H3. The molecule has 0 saturated carbocycles.